The zero-order valence-corrected chi connectivity index (χ0v) is 9.96. The summed E-state index contributed by atoms with van der Waals surface area (Å²) in [5, 5.41) is 2.69. The molecule has 1 N–H and O–H groups in total. The molecule has 6 heteroatoms. The monoisotopic (exact) mass is 255 g/mol. The van der Waals surface area contributed by atoms with Crippen LogP contribution in [-0.4, -0.2) is 35.4 Å². The van der Waals surface area contributed by atoms with Crippen molar-refractivity contribution in [2.45, 2.75) is 19.3 Å². The van der Waals surface area contributed by atoms with E-state index < -0.39 is 11.6 Å². The fraction of sp³-hybridized carbons (Fsp3) is 0.500. The fourth-order valence-corrected chi connectivity index (χ4v) is 1.96. The largest absolute Gasteiger partial charge is 0.367 e. The van der Waals surface area contributed by atoms with Gasteiger partial charge in [-0.1, -0.05) is 0 Å². The molecule has 98 valence electrons. The summed E-state index contributed by atoms with van der Waals surface area (Å²) in [6, 6.07) is 0.762. The normalized spacial score (nSPS) is 14.9. The van der Waals surface area contributed by atoms with Crippen LogP contribution < -0.4 is 5.32 Å². The predicted octanol–water partition coefficient (Wildman–Crippen LogP) is 1.78. The van der Waals surface area contributed by atoms with E-state index in [0.29, 0.717) is 13.0 Å². The van der Waals surface area contributed by atoms with E-state index in [1.165, 1.54) is 0 Å². The third kappa shape index (κ3) is 3.15. The molecule has 0 radical (unpaired) electrons. The highest BCUT2D eigenvalue weighted by molar-refractivity contribution is 5.76. The van der Waals surface area contributed by atoms with Gasteiger partial charge < -0.3 is 10.2 Å². The minimum atomic E-state index is -0.747. The second kappa shape index (κ2) is 5.75. The molecule has 0 saturated carbocycles. The molecule has 18 heavy (non-hydrogen) atoms. The molecule has 4 nitrogen and oxygen atoms in total. The second-order valence-corrected chi connectivity index (χ2v) is 4.25. The molecule has 1 aliphatic heterocycles. The van der Waals surface area contributed by atoms with Gasteiger partial charge in [0.1, 0.15) is 5.82 Å². The van der Waals surface area contributed by atoms with Crippen molar-refractivity contribution in [2.75, 3.05) is 25.0 Å². The topological polar surface area (TPSA) is 45.2 Å². The zero-order valence-electron chi connectivity index (χ0n) is 9.96. The van der Waals surface area contributed by atoms with Gasteiger partial charge in [-0.25, -0.2) is 13.8 Å². The quantitative estimate of drug-likeness (QED) is 0.892. The second-order valence-electron chi connectivity index (χ2n) is 4.25. The van der Waals surface area contributed by atoms with Crippen molar-refractivity contribution in [1.82, 2.24) is 9.88 Å². The Morgan fingerprint density at radius 1 is 1.39 bits per heavy atom. The van der Waals surface area contributed by atoms with Crippen LogP contribution in [0.2, 0.25) is 0 Å². The van der Waals surface area contributed by atoms with Crippen molar-refractivity contribution in [1.29, 1.82) is 0 Å². The molecule has 1 aromatic heterocycles. The van der Waals surface area contributed by atoms with Gasteiger partial charge >= 0.3 is 0 Å². The van der Waals surface area contributed by atoms with Gasteiger partial charge in [0.15, 0.2) is 11.6 Å². The standard InChI is InChI=1S/C12H15F2N3O/c13-9-7-10(14)12(16-8-9)15-4-3-11(18)17-5-1-2-6-17/h7-8H,1-6H2,(H,15,16). The molecule has 0 atom stereocenters. The van der Waals surface area contributed by atoms with Crippen LogP contribution in [0.25, 0.3) is 0 Å². The summed E-state index contributed by atoms with van der Waals surface area (Å²) >= 11 is 0. The van der Waals surface area contributed by atoms with Gasteiger partial charge in [-0.05, 0) is 12.8 Å². The lowest BCUT2D eigenvalue weighted by atomic mass is 10.3. The highest BCUT2D eigenvalue weighted by atomic mass is 19.1. The van der Waals surface area contributed by atoms with Gasteiger partial charge in [0, 0.05) is 32.1 Å². The molecule has 0 bridgehead atoms. The van der Waals surface area contributed by atoms with E-state index in [1.54, 1.807) is 4.90 Å². The Morgan fingerprint density at radius 3 is 2.78 bits per heavy atom. The Kier molecular flexibility index (Phi) is 4.07. The van der Waals surface area contributed by atoms with Crippen molar-refractivity contribution in [3.63, 3.8) is 0 Å². The first kappa shape index (κ1) is 12.7. The lowest BCUT2D eigenvalue weighted by molar-refractivity contribution is -0.129. The summed E-state index contributed by atoms with van der Waals surface area (Å²) in [5.41, 5.74) is 0. The molecule has 1 fully saturated rings. The fourth-order valence-electron chi connectivity index (χ4n) is 1.96. The number of aromatic nitrogens is 1. The maximum atomic E-state index is 13.2. The van der Waals surface area contributed by atoms with Crippen molar-refractivity contribution in [3.8, 4) is 0 Å². The number of halogens is 2. The maximum Gasteiger partial charge on any atom is 0.224 e. The van der Waals surface area contributed by atoms with E-state index in [2.05, 4.69) is 10.3 Å². The Bertz CT molecular complexity index is 433. The van der Waals surface area contributed by atoms with E-state index in [-0.39, 0.29) is 11.7 Å². The predicted molar refractivity (Wildman–Crippen MR) is 63.1 cm³/mol. The summed E-state index contributed by atoms with van der Waals surface area (Å²) in [6.07, 6.45) is 3.33. The minimum absolute atomic E-state index is 0.0226. The first-order valence-corrected chi connectivity index (χ1v) is 5.99. The van der Waals surface area contributed by atoms with Crippen molar-refractivity contribution < 1.29 is 13.6 Å². The Balaban J connectivity index is 1.79. The van der Waals surface area contributed by atoms with Crippen LogP contribution in [0.1, 0.15) is 19.3 Å². The molecule has 1 amide bonds. The third-order valence-electron chi connectivity index (χ3n) is 2.90. The molecule has 1 aliphatic rings. The van der Waals surface area contributed by atoms with E-state index in [1.807, 2.05) is 0 Å². The van der Waals surface area contributed by atoms with Crippen LogP contribution in [0.3, 0.4) is 0 Å². The summed E-state index contributed by atoms with van der Waals surface area (Å²) < 4.78 is 25.8. The van der Waals surface area contributed by atoms with Crippen molar-refractivity contribution in [2.24, 2.45) is 0 Å². The number of amides is 1. The first-order chi connectivity index (χ1) is 8.66. The summed E-state index contributed by atoms with van der Waals surface area (Å²) in [7, 11) is 0. The van der Waals surface area contributed by atoms with E-state index in [9.17, 15) is 13.6 Å². The molecular weight excluding hydrogens is 240 g/mol. The summed E-state index contributed by atoms with van der Waals surface area (Å²) in [4.78, 5) is 17.1. The van der Waals surface area contributed by atoms with Crippen LogP contribution in [0.15, 0.2) is 12.3 Å². The number of hydrogen-bond acceptors (Lipinski definition) is 3. The number of carbonyl (C=O) groups excluding carboxylic acids is 1. The van der Waals surface area contributed by atoms with Crippen LogP contribution in [0, 0.1) is 11.6 Å². The number of hydrogen-bond donors (Lipinski definition) is 1. The average Bonchev–Trinajstić information content (AvgIpc) is 2.85. The molecule has 0 aliphatic carbocycles. The highest BCUT2D eigenvalue weighted by Crippen LogP contribution is 2.12. The van der Waals surface area contributed by atoms with Gasteiger partial charge in [-0.2, -0.15) is 0 Å². The number of nitrogens with one attached hydrogen (secondary N) is 1. The number of pyridine rings is 1. The van der Waals surface area contributed by atoms with Gasteiger partial charge in [-0.15, -0.1) is 0 Å². The van der Waals surface area contributed by atoms with Gasteiger partial charge in [0.2, 0.25) is 5.91 Å². The van der Waals surface area contributed by atoms with E-state index >= 15 is 0 Å². The number of anilines is 1. The van der Waals surface area contributed by atoms with Gasteiger partial charge in [0.25, 0.3) is 0 Å². The summed E-state index contributed by atoms with van der Waals surface area (Å²) in [6.45, 7) is 1.91. The third-order valence-corrected chi connectivity index (χ3v) is 2.90. The average molecular weight is 255 g/mol. The van der Waals surface area contributed by atoms with Crippen molar-refractivity contribution in [3.05, 3.63) is 23.9 Å². The lowest BCUT2D eigenvalue weighted by Gasteiger charge is -2.15. The maximum absolute atomic E-state index is 13.2. The molecular formula is C12H15F2N3O. The molecule has 1 aromatic rings. The SMILES string of the molecule is O=C(CCNc1ncc(F)cc1F)N1CCCC1. The van der Waals surface area contributed by atoms with Gasteiger partial charge in [0.05, 0.1) is 6.20 Å². The Morgan fingerprint density at radius 2 is 2.11 bits per heavy atom. The molecule has 0 unspecified atom stereocenters. The summed E-state index contributed by atoms with van der Waals surface area (Å²) in [5.74, 6) is -1.43. The Labute approximate surface area is 104 Å². The number of nitrogens with zero attached hydrogens (tertiary/aromatic N) is 2. The zero-order chi connectivity index (χ0) is 13.0. The number of rotatable bonds is 4. The molecule has 2 rings (SSSR count). The van der Waals surface area contributed by atoms with Crippen LogP contribution in [0.5, 0.6) is 0 Å². The smallest absolute Gasteiger partial charge is 0.224 e. The minimum Gasteiger partial charge on any atom is -0.367 e. The van der Waals surface area contributed by atoms with E-state index in [0.717, 1.165) is 38.2 Å². The lowest BCUT2D eigenvalue weighted by Crippen LogP contribution is -2.29. The molecule has 2 heterocycles. The van der Waals surface area contributed by atoms with E-state index in [4.69, 9.17) is 0 Å². The molecule has 0 aromatic carbocycles. The Hall–Kier alpha value is -1.72. The highest BCUT2D eigenvalue weighted by Gasteiger charge is 2.17. The molecule has 0 spiro atoms. The number of carbonyl (C=O) groups is 1. The first-order valence-electron chi connectivity index (χ1n) is 5.99. The van der Waals surface area contributed by atoms with Crippen LogP contribution >= 0.6 is 0 Å². The van der Waals surface area contributed by atoms with Crippen LogP contribution in [-0.2, 0) is 4.79 Å². The van der Waals surface area contributed by atoms with Crippen molar-refractivity contribution >= 4 is 11.7 Å². The number of likely N-dealkylation sites (tertiary alicyclic amines) is 1. The van der Waals surface area contributed by atoms with Gasteiger partial charge in [-0.3, -0.25) is 4.79 Å². The molecule has 1 saturated heterocycles. The van der Waals surface area contributed by atoms with Crippen LogP contribution in [0.4, 0.5) is 14.6 Å².